The van der Waals surface area contributed by atoms with Crippen LogP contribution >= 0.6 is 0 Å². The summed E-state index contributed by atoms with van der Waals surface area (Å²) in [6.45, 7) is 18.5. The molecule has 1 rings (SSSR count). The Balaban J connectivity index is 3.10. The van der Waals surface area contributed by atoms with Gasteiger partial charge in [-0.2, -0.15) is 0 Å². The van der Waals surface area contributed by atoms with Crippen molar-refractivity contribution in [3.8, 4) is 0 Å². The standard InChI is InChI=1S/C20H34OSi2/c1-20(2,19(21)17-12-10-9-11-13-17)15-14-18(23(6,7)8)16-22(3,4)5/h9-16,19,21H,1-8H3/b15-14-,18-16?. The van der Waals surface area contributed by atoms with Gasteiger partial charge in [0.1, 0.15) is 0 Å². The normalized spacial score (nSPS) is 16.0. The monoisotopic (exact) mass is 346 g/mol. The van der Waals surface area contributed by atoms with E-state index in [9.17, 15) is 5.11 Å². The Morgan fingerprint density at radius 2 is 1.52 bits per heavy atom. The van der Waals surface area contributed by atoms with Crippen LogP contribution in [0.4, 0.5) is 0 Å². The third-order valence-corrected chi connectivity index (χ3v) is 7.48. The minimum atomic E-state index is -1.38. The van der Waals surface area contributed by atoms with E-state index in [1.54, 1.807) is 0 Å². The van der Waals surface area contributed by atoms with Gasteiger partial charge in [-0.3, -0.25) is 0 Å². The van der Waals surface area contributed by atoms with Crippen LogP contribution in [0.15, 0.2) is 53.4 Å². The Labute approximate surface area is 145 Å². The predicted molar refractivity (Wildman–Crippen MR) is 109 cm³/mol. The highest BCUT2D eigenvalue weighted by Gasteiger charge is 2.27. The molecule has 0 aliphatic heterocycles. The third-order valence-electron chi connectivity index (χ3n) is 3.97. The van der Waals surface area contributed by atoms with Crippen molar-refractivity contribution in [3.05, 3.63) is 58.9 Å². The molecule has 23 heavy (non-hydrogen) atoms. The number of aliphatic hydroxyl groups is 1. The van der Waals surface area contributed by atoms with Crippen LogP contribution in [0.5, 0.6) is 0 Å². The van der Waals surface area contributed by atoms with Gasteiger partial charge in [0, 0.05) is 5.41 Å². The van der Waals surface area contributed by atoms with Crippen LogP contribution in [-0.2, 0) is 0 Å². The van der Waals surface area contributed by atoms with Gasteiger partial charge in [-0.1, -0.05) is 107 Å². The maximum Gasteiger partial charge on any atom is 0.0875 e. The second-order valence-corrected chi connectivity index (χ2v) is 19.3. The van der Waals surface area contributed by atoms with Crippen LogP contribution in [0, 0.1) is 5.41 Å². The molecule has 0 spiro atoms. The lowest BCUT2D eigenvalue weighted by molar-refractivity contribution is 0.0820. The van der Waals surface area contributed by atoms with Crippen LogP contribution in [-0.4, -0.2) is 21.3 Å². The summed E-state index contributed by atoms with van der Waals surface area (Å²) in [4.78, 5) is 0. The summed E-state index contributed by atoms with van der Waals surface area (Å²) < 4.78 is 0. The average Bonchev–Trinajstić information content (AvgIpc) is 2.41. The number of hydrogen-bond donors (Lipinski definition) is 1. The van der Waals surface area contributed by atoms with Crippen LogP contribution in [0.1, 0.15) is 25.5 Å². The summed E-state index contributed by atoms with van der Waals surface area (Å²) in [5, 5.41) is 12.3. The number of allylic oxidation sites excluding steroid dienone is 2. The molecule has 1 aromatic carbocycles. The maximum atomic E-state index is 10.7. The number of rotatable bonds is 6. The van der Waals surface area contributed by atoms with Crippen molar-refractivity contribution >= 4 is 16.1 Å². The topological polar surface area (TPSA) is 20.2 Å². The molecular formula is C20H34OSi2. The lowest BCUT2D eigenvalue weighted by Crippen LogP contribution is -2.28. The molecule has 0 saturated heterocycles. The molecule has 1 aromatic rings. The molecule has 1 N–H and O–H groups in total. The van der Waals surface area contributed by atoms with E-state index in [4.69, 9.17) is 0 Å². The molecule has 0 saturated carbocycles. The predicted octanol–water partition coefficient (Wildman–Crippen LogP) is 5.98. The van der Waals surface area contributed by atoms with E-state index in [1.807, 2.05) is 30.3 Å². The van der Waals surface area contributed by atoms with Crippen molar-refractivity contribution in [1.82, 2.24) is 0 Å². The van der Waals surface area contributed by atoms with E-state index in [1.165, 1.54) is 5.20 Å². The van der Waals surface area contributed by atoms with E-state index >= 15 is 0 Å². The molecule has 0 amide bonds. The van der Waals surface area contributed by atoms with Gasteiger partial charge in [-0.05, 0) is 5.56 Å². The van der Waals surface area contributed by atoms with Crippen molar-refractivity contribution in [2.24, 2.45) is 5.41 Å². The Morgan fingerprint density at radius 3 is 1.96 bits per heavy atom. The van der Waals surface area contributed by atoms with Crippen LogP contribution in [0.25, 0.3) is 0 Å². The number of hydrogen-bond acceptors (Lipinski definition) is 1. The molecule has 1 unspecified atom stereocenters. The van der Waals surface area contributed by atoms with Crippen molar-refractivity contribution in [2.75, 3.05) is 0 Å². The fourth-order valence-electron chi connectivity index (χ4n) is 2.44. The van der Waals surface area contributed by atoms with Gasteiger partial charge < -0.3 is 5.11 Å². The number of aliphatic hydroxyl groups excluding tert-OH is 1. The summed E-state index contributed by atoms with van der Waals surface area (Å²) in [6, 6.07) is 9.95. The lowest BCUT2D eigenvalue weighted by atomic mass is 9.82. The first-order valence-corrected chi connectivity index (χ1v) is 15.6. The largest absolute Gasteiger partial charge is 0.388 e. The molecule has 0 aromatic heterocycles. The molecular weight excluding hydrogens is 312 g/mol. The van der Waals surface area contributed by atoms with Crippen molar-refractivity contribution in [2.45, 2.75) is 59.2 Å². The highest BCUT2D eigenvalue weighted by molar-refractivity contribution is 6.88. The molecule has 1 nitrogen and oxygen atoms in total. The average molecular weight is 347 g/mol. The highest BCUT2D eigenvalue weighted by Crippen LogP contribution is 2.35. The maximum absolute atomic E-state index is 10.7. The van der Waals surface area contributed by atoms with E-state index in [-0.39, 0.29) is 5.41 Å². The lowest BCUT2D eigenvalue weighted by Gasteiger charge is -2.29. The summed E-state index contributed by atoms with van der Waals surface area (Å²) in [5.74, 6) is 0. The SMILES string of the molecule is CC(C)(/C=C\C(=C[Si](C)(C)C)[Si](C)(C)C)C(O)c1ccccc1. The minimum absolute atomic E-state index is 0.292. The first kappa shape index (κ1) is 20.1. The molecule has 1 atom stereocenters. The van der Waals surface area contributed by atoms with Crippen molar-refractivity contribution in [1.29, 1.82) is 0 Å². The summed E-state index contributed by atoms with van der Waals surface area (Å²) in [7, 11) is -2.64. The van der Waals surface area contributed by atoms with Gasteiger partial charge in [0.05, 0.1) is 22.3 Å². The minimum Gasteiger partial charge on any atom is -0.388 e. The fraction of sp³-hybridized carbons (Fsp3) is 0.500. The second kappa shape index (κ2) is 7.33. The zero-order chi connectivity index (χ0) is 17.9. The van der Waals surface area contributed by atoms with Gasteiger partial charge in [-0.15, -0.1) is 0 Å². The van der Waals surface area contributed by atoms with E-state index < -0.39 is 22.3 Å². The highest BCUT2D eigenvalue weighted by atomic mass is 28.3. The molecule has 0 fully saturated rings. The van der Waals surface area contributed by atoms with Crippen molar-refractivity contribution < 1.29 is 5.11 Å². The summed E-state index contributed by atoms with van der Waals surface area (Å²) in [5.41, 5.74) is 3.21. The van der Waals surface area contributed by atoms with Gasteiger partial charge in [0.2, 0.25) is 0 Å². The zero-order valence-corrected chi connectivity index (χ0v) is 18.1. The Kier molecular flexibility index (Phi) is 6.42. The van der Waals surface area contributed by atoms with Gasteiger partial charge in [0.25, 0.3) is 0 Å². The van der Waals surface area contributed by atoms with Crippen LogP contribution < -0.4 is 0 Å². The quantitative estimate of drug-likeness (QED) is 0.496. The van der Waals surface area contributed by atoms with Gasteiger partial charge in [-0.25, -0.2) is 0 Å². The fourth-order valence-corrected chi connectivity index (χ4v) is 7.09. The zero-order valence-electron chi connectivity index (χ0n) is 16.1. The summed E-state index contributed by atoms with van der Waals surface area (Å²) in [6.07, 6.45) is 4.00. The van der Waals surface area contributed by atoms with Gasteiger partial charge in [0.15, 0.2) is 0 Å². The summed E-state index contributed by atoms with van der Waals surface area (Å²) >= 11 is 0. The Morgan fingerprint density at radius 1 is 1.00 bits per heavy atom. The number of benzene rings is 1. The van der Waals surface area contributed by atoms with Crippen LogP contribution in [0.3, 0.4) is 0 Å². The molecule has 0 aliphatic rings. The molecule has 0 radical (unpaired) electrons. The second-order valence-electron chi connectivity index (χ2n) is 9.18. The molecule has 0 heterocycles. The smallest absolute Gasteiger partial charge is 0.0875 e. The third kappa shape index (κ3) is 6.62. The molecule has 0 aliphatic carbocycles. The Hall–Kier alpha value is -0.906. The Bertz CT molecular complexity index is 558. The van der Waals surface area contributed by atoms with Crippen LogP contribution in [0.2, 0.25) is 39.3 Å². The van der Waals surface area contributed by atoms with E-state index in [0.29, 0.717) is 0 Å². The van der Waals surface area contributed by atoms with Gasteiger partial charge >= 0.3 is 0 Å². The first-order chi connectivity index (χ1) is 10.3. The first-order valence-electron chi connectivity index (χ1n) is 8.48. The molecule has 3 heteroatoms. The molecule has 128 valence electrons. The van der Waals surface area contributed by atoms with E-state index in [2.05, 4.69) is 71.0 Å². The van der Waals surface area contributed by atoms with Crippen molar-refractivity contribution in [3.63, 3.8) is 0 Å². The molecule has 0 bridgehead atoms. The van der Waals surface area contributed by atoms with E-state index in [0.717, 1.165) is 5.56 Å².